The molecule has 0 spiro atoms. The number of hydrazone groups is 1. The number of nitrogens with one attached hydrogen (secondary N) is 1. The summed E-state index contributed by atoms with van der Waals surface area (Å²) < 4.78 is 12.7. The Hall–Kier alpha value is -2.44. The molecule has 3 amide bonds. The van der Waals surface area contributed by atoms with Crippen LogP contribution in [0.25, 0.3) is 0 Å². The van der Waals surface area contributed by atoms with Crippen molar-refractivity contribution in [1.82, 2.24) is 10.7 Å². The van der Waals surface area contributed by atoms with Crippen molar-refractivity contribution in [3.05, 3.63) is 35.6 Å². The molecule has 1 radical (unpaired) electrons. The minimum absolute atomic E-state index is 0.192. The number of carbonyl (C=O) groups excluding carboxylic acids is 2. The zero-order valence-electron chi connectivity index (χ0n) is 8.55. The minimum atomic E-state index is -1.14. The number of primary amides is 1. The Bertz CT molecular complexity index is 498. The Balaban J connectivity index is 2.38. The molecule has 0 aromatic heterocycles. The molecule has 0 fully saturated rings. The normalized spacial score (nSPS) is 19.0. The van der Waals surface area contributed by atoms with E-state index in [1.807, 2.05) is 0 Å². The highest BCUT2D eigenvalue weighted by molar-refractivity contribution is 6.18. The molecule has 1 unspecified atom stereocenters. The third-order valence-corrected chi connectivity index (χ3v) is 2.19. The maximum Gasteiger partial charge on any atom is 0.357 e. The van der Waals surface area contributed by atoms with Gasteiger partial charge in [-0.25, -0.2) is 19.9 Å². The van der Waals surface area contributed by atoms with Gasteiger partial charge in [0, 0.05) is 5.56 Å². The fraction of sp³-hybridized carbons (Fsp3) is 0.100. The van der Waals surface area contributed by atoms with Crippen LogP contribution in [0.1, 0.15) is 5.56 Å². The molecule has 1 aromatic rings. The largest absolute Gasteiger partial charge is 0.367 e. The summed E-state index contributed by atoms with van der Waals surface area (Å²) in [6.07, 6.45) is 0. The van der Waals surface area contributed by atoms with Gasteiger partial charge in [-0.1, -0.05) is 12.1 Å². The van der Waals surface area contributed by atoms with E-state index in [1.165, 1.54) is 24.3 Å². The molecular weight excluding hydrogens is 227 g/mol. The average Bonchev–Trinajstić information content (AvgIpc) is 2.30. The topological polar surface area (TPSA) is 98.7 Å². The molecule has 87 valence electrons. The van der Waals surface area contributed by atoms with Gasteiger partial charge in [-0.15, -0.1) is 0 Å². The van der Waals surface area contributed by atoms with E-state index in [1.54, 1.807) is 0 Å². The lowest BCUT2D eigenvalue weighted by Crippen LogP contribution is -2.52. The lowest BCUT2D eigenvalue weighted by atomic mass is 10.0. The molecule has 3 N–H and O–H groups in total. The van der Waals surface area contributed by atoms with Crippen LogP contribution in [0.15, 0.2) is 29.4 Å². The molecule has 1 aliphatic heterocycles. The Labute approximate surface area is 95.7 Å². The fourth-order valence-electron chi connectivity index (χ4n) is 1.42. The lowest BCUT2D eigenvalue weighted by Gasteiger charge is -2.19. The molecule has 0 aliphatic carbocycles. The molecule has 1 aliphatic rings. The van der Waals surface area contributed by atoms with Crippen LogP contribution in [0.3, 0.4) is 0 Å². The smallest absolute Gasteiger partial charge is 0.357 e. The van der Waals surface area contributed by atoms with Gasteiger partial charge in [0.1, 0.15) is 11.5 Å². The number of amides is 3. The summed E-state index contributed by atoms with van der Waals surface area (Å²) in [5.41, 5.74) is 7.89. The number of benzene rings is 1. The van der Waals surface area contributed by atoms with E-state index >= 15 is 0 Å². The maximum atomic E-state index is 12.7. The van der Waals surface area contributed by atoms with Crippen LogP contribution in [-0.4, -0.2) is 23.7 Å². The number of halogens is 1. The summed E-state index contributed by atoms with van der Waals surface area (Å²) in [7, 11) is 0. The van der Waals surface area contributed by atoms with E-state index in [0.717, 1.165) is 0 Å². The van der Waals surface area contributed by atoms with Gasteiger partial charge in [0.25, 0.3) is 0 Å². The van der Waals surface area contributed by atoms with Crippen molar-refractivity contribution >= 4 is 17.6 Å². The van der Waals surface area contributed by atoms with Crippen LogP contribution in [-0.2, 0) is 4.79 Å². The predicted molar refractivity (Wildman–Crippen MR) is 56.6 cm³/mol. The predicted octanol–water partition coefficient (Wildman–Crippen LogP) is -0.289. The molecule has 1 heterocycles. The number of carbonyl (C=O) groups is 2. The summed E-state index contributed by atoms with van der Waals surface area (Å²) in [5.74, 6) is -1.20. The van der Waals surface area contributed by atoms with Gasteiger partial charge in [0.2, 0.25) is 5.91 Å². The van der Waals surface area contributed by atoms with E-state index in [9.17, 15) is 14.0 Å². The third-order valence-electron chi connectivity index (χ3n) is 2.19. The first-order chi connectivity index (χ1) is 8.08. The van der Waals surface area contributed by atoms with Crippen molar-refractivity contribution in [3.8, 4) is 0 Å². The molecule has 17 heavy (non-hydrogen) atoms. The molecule has 0 bridgehead atoms. The van der Waals surface area contributed by atoms with E-state index in [0.29, 0.717) is 5.56 Å². The van der Waals surface area contributed by atoms with Gasteiger partial charge >= 0.3 is 6.03 Å². The van der Waals surface area contributed by atoms with Gasteiger partial charge in [-0.2, -0.15) is 5.10 Å². The number of nitrogens with two attached hydrogens (primary N) is 1. The Morgan fingerprint density at radius 2 is 2.00 bits per heavy atom. The number of rotatable bonds is 2. The molecule has 6 nitrogen and oxygen atoms in total. The molecule has 2 rings (SSSR count). The Kier molecular flexibility index (Phi) is 2.73. The molecular formula is C10H8FN4O2. The summed E-state index contributed by atoms with van der Waals surface area (Å²) in [4.78, 5) is 22.1. The van der Waals surface area contributed by atoms with Crippen molar-refractivity contribution in [2.24, 2.45) is 10.8 Å². The van der Waals surface area contributed by atoms with E-state index in [2.05, 4.69) is 15.8 Å². The number of hydrogen-bond acceptors (Lipinski definition) is 3. The second-order valence-electron chi connectivity index (χ2n) is 3.35. The average molecular weight is 235 g/mol. The number of urea groups is 1. The van der Waals surface area contributed by atoms with Crippen LogP contribution in [0.4, 0.5) is 9.18 Å². The van der Waals surface area contributed by atoms with Crippen molar-refractivity contribution in [1.29, 1.82) is 0 Å². The first kappa shape index (κ1) is 11.1. The lowest BCUT2D eigenvalue weighted by molar-refractivity contribution is -0.118. The van der Waals surface area contributed by atoms with Crippen LogP contribution in [0, 0.1) is 5.82 Å². The van der Waals surface area contributed by atoms with Crippen LogP contribution < -0.4 is 16.5 Å². The molecule has 0 saturated carbocycles. The molecule has 1 aromatic carbocycles. The summed E-state index contributed by atoms with van der Waals surface area (Å²) in [6.45, 7) is 0. The standard InChI is InChI=1S/C10H8FN4O2/c11-6-3-1-5(2-4-6)7-8(9(12)16)13-10(17)15-14-7/h1-4,8H,(H2,12,16)(H,15,17). The van der Waals surface area contributed by atoms with E-state index < -0.39 is 23.8 Å². The summed E-state index contributed by atoms with van der Waals surface area (Å²) in [6, 6.07) is 3.40. The van der Waals surface area contributed by atoms with Crippen LogP contribution in [0.5, 0.6) is 0 Å². The van der Waals surface area contributed by atoms with Crippen LogP contribution >= 0.6 is 0 Å². The zero-order valence-corrected chi connectivity index (χ0v) is 8.55. The monoisotopic (exact) mass is 235 g/mol. The fourth-order valence-corrected chi connectivity index (χ4v) is 1.42. The Morgan fingerprint density at radius 1 is 1.35 bits per heavy atom. The van der Waals surface area contributed by atoms with Gasteiger partial charge < -0.3 is 5.73 Å². The van der Waals surface area contributed by atoms with Gasteiger partial charge in [-0.3, -0.25) is 4.79 Å². The SMILES string of the molecule is NC(=O)C1[N]C(=O)NN=C1c1ccc(F)cc1. The maximum absolute atomic E-state index is 12.7. The van der Waals surface area contributed by atoms with E-state index in [4.69, 9.17) is 5.73 Å². The second kappa shape index (κ2) is 4.20. The molecule has 0 saturated heterocycles. The zero-order chi connectivity index (χ0) is 12.4. The second-order valence-corrected chi connectivity index (χ2v) is 3.35. The van der Waals surface area contributed by atoms with Crippen molar-refractivity contribution < 1.29 is 14.0 Å². The summed E-state index contributed by atoms with van der Waals surface area (Å²) in [5, 5.41) is 7.23. The van der Waals surface area contributed by atoms with Gasteiger partial charge in [0.15, 0.2) is 6.04 Å². The van der Waals surface area contributed by atoms with Crippen molar-refractivity contribution in [2.75, 3.05) is 0 Å². The molecule has 1 atom stereocenters. The Morgan fingerprint density at radius 3 is 2.59 bits per heavy atom. The first-order valence-corrected chi connectivity index (χ1v) is 4.71. The minimum Gasteiger partial charge on any atom is -0.367 e. The highest BCUT2D eigenvalue weighted by Gasteiger charge is 2.30. The summed E-state index contributed by atoms with van der Waals surface area (Å²) >= 11 is 0. The van der Waals surface area contributed by atoms with E-state index in [-0.39, 0.29) is 5.71 Å². The first-order valence-electron chi connectivity index (χ1n) is 4.71. The number of hydrogen-bond donors (Lipinski definition) is 2. The molecule has 7 heteroatoms. The highest BCUT2D eigenvalue weighted by atomic mass is 19.1. The van der Waals surface area contributed by atoms with Crippen LogP contribution in [0.2, 0.25) is 0 Å². The highest BCUT2D eigenvalue weighted by Crippen LogP contribution is 2.09. The number of nitrogens with zero attached hydrogens (tertiary/aromatic N) is 2. The van der Waals surface area contributed by atoms with Crippen molar-refractivity contribution in [2.45, 2.75) is 6.04 Å². The van der Waals surface area contributed by atoms with Crippen molar-refractivity contribution in [3.63, 3.8) is 0 Å². The van der Waals surface area contributed by atoms with Gasteiger partial charge in [0.05, 0.1) is 0 Å². The van der Waals surface area contributed by atoms with Gasteiger partial charge in [-0.05, 0) is 12.1 Å². The quantitative estimate of drug-likeness (QED) is 0.736. The third kappa shape index (κ3) is 2.22.